The maximum atomic E-state index is 13.2. The van der Waals surface area contributed by atoms with Crippen LogP contribution in [0.3, 0.4) is 0 Å². The average molecular weight is 403 g/mol. The molecule has 28 heavy (non-hydrogen) atoms. The molecule has 0 atom stereocenters. The highest BCUT2D eigenvalue weighted by Gasteiger charge is 2.15. The molecule has 0 saturated carbocycles. The van der Waals surface area contributed by atoms with E-state index in [-0.39, 0.29) is 18.3 Å². The summed E-state index contributed by atoms with van der Waals surface area (Å²) in [6.07, 6.45) is 1.55. The van der Waals surface area contributed by atoms with E-state index in [1.54, 1.807) is 55.4 Å². The van der Waals surface area contributed by atoms with E-state index in [4.69, 9.17) is 16.3 Å². The Balaban J connectivity index is 1.67. The molecule has 0 saturated heterocycles. The Morgan fingerprint density at radius 2 is 2.11 bits per heavy atom. The monoisotopic (exact) mass is 402 g/mol. The lowest BCUT2D eigenvalue weighted by Gasteiger charge is -2.13. The van der Waals surface area contributed by atoms with Crippen molar-refractivity contribution >= 4 is 23.2 Å². The average Bonchev–Trinajstić information content (AvgIpc) is 3.00. The number of rotatable bonds is 7. The van der Waals surface area contributed by atoms with Crippen LogP contribution in [0.1, 0.15) is 5.56 Å². The lowest BCUT2D eigenvalue weighted by Crippen LogP contribution is -2.27. The molecule has 0 spiro atoms. The molecule has 3 rings (SSSR count). The van der Waals surface area contributed by atoms with Crippen molar-refractivity contribution in [3.63, 3.8) is 0 Å². The maximum absolute atomic E-state index is 13.2. The summed E-state index contributed by atoms with van der Waals surface area (Å²) in [5.74, 6) is 0.0969. The first kappa shape index (κ1) is 19.9. The Morgan fingerprint density at radius 1 is 1.29 bits per heavy atom. The summed E-state index contributed by atoms with van der Waals surface area (Å²) in [6.45, 7) is 0.480. The minimum Gasteiger partial charge on any atom is -0.496 e. The number of nitrogens with one attached hydrogen (secondary N) is 2. The van der Waals surface area contributed by atoms with Gasteiger partial charge in [-0.2, -0.15) is 5.10 Å². The highest BCUT2D eigenvalue weighted by atomic mass is 35.5. The molecule has 1 amide bonds. The van der Waals surface area contributed by atoms with Crippen LogP contribution in [0.5, 0.6) is 5.75 Å². The van der Waals surface area contributed by atoms with E-state index in [0.717, 1.165) is 11.1 Å². The van der Waals surface area contributed by atoms with Gasteiger partial charge in [0, 0.05) is 24.8 Å². The fourth-order valence-corrected chi connectivity index (χ4v) is 3.12. The van der Waals surface area contributed by atoms with Gasteiger partial charge in [0.05, 0.1) is 30.6 Å². The largest absolute Gasteiger partial charge is 0.496 e. The van der Waals surface area contributed by atoms with Crippen molar-refractivity contribution in [3.8, 4) is 17.0 Å². The molecule has 0 bridgehead atoms. The fraction of sp³-hybridized carbons (Fsp3) is 0.200. The molecule has 6 nitrogen and oxygen atoms in total. The van der Waals surface area contributed by atoms with E-state index in [1.165, 1.54) is 12.1 Å². The first-order valence-corrected chi connectivity index (χ1v) is 8.96. The predicted octanol–water partition coefficient (Wildman–Crippen LogP) is 3.62. The number of ether oxygens (including phenoxy) is 1. The van der Waals surface area contributed by atoms with Crippen molar-refractivity contribution in [2.75, 3.05) is 19.0 Å². The first-order chi connectivity index (χ1) is 13.5. The van der Waals surface area contributed by atoms with Crippen LogP contribution in [0.25, 0.3) is 11.3 Å². The van der Waals surface area contributed by atoms with Crippen molar-refractivity contribution in [1.82, 2.24) is 15.1 Å². The molecular formula is C20H20ClFN4O2. The number of benzene rings is 2. The molecule has 0 radical (unpaired) electrons. The summed E-state index contributed by atoms with van der Waals surface area (Å²) in [6, 6.07) is 11.5. The third-order valence-corrected chi connectivity index (χ3v) is 4.41. The van der Waals surface area contributed by atoms with Crippen LogP contribution >= 0.6 is 11.6 Å². The molecule has 146 valence electrons. The van der Waals surface area contributed by atoms with Crippen LogP contribution in [-0.2, 0) is 18.4 Å². The number of methoxy groups -OCH3 is 1. The number of hydrogen-bond donors (Lipinski definition) is 2. The molecule has 1 heterocycles. The third-order valence-electron chi connectivity index (χ3n) is 4.14. The van der Waals surface area contributed by atoms with E-state index >= 15 is 0 Å². The van der Waals surface area contributed by atoms with Crippen molar-refractivity contribution in [1.29, 1.82) is 0 Å². The quantitative estimate of drug-likeness (QED) is 0.633. The van der Waals surface area contributed by atoms with Crippen molar-refractivity contribution in [2.24, 2.45) is 7.05 Å². The molecule has 0 aliphatic carbocycles. The van der Waals surface area contributed by atoms with E-state index in [0.29, 0.717) is 28.7 Å². The number of carbonyl (C=O) groups is 1. The van der Waals surface area contributed by atoms with Crippen molar-refractivity contribution in [2.45, 2.75) is 6.54 Å². The zero-order valence-electron chi connectivity index (χ0n) is 15.5. The zero-order valence-corrected chi connectivity index (χ0v) is 16.3. The third kappa shape index (κ3) is 4.68. The topological polar surface area (TPSA) is 68.2 Å². The van der Waals surface area contributed by atoms with Gasteiger partial charge in [-0.1, -0.05) is 23.7 Å². The molecular weight excluding hydrogens is 383 g/mol. The number of anilines is 1. The number of aromatic nitrogens is 2. The summed E-state index contributed by atoms with van der Waals surface area (Å²) >= 11 is 6.24. The molecule has 0 aliphatic rings. The minimum atomic E-state index is -0.302. The van der Waals surface area contributed by atoms with Gasteiger partial charge < -0.3 is 15.4 Å². The van der Waals surface area contributed by atoms with Crippen LogP contribution < -0.4 is 15.4 Å². The van der Waals surface area contributed by atoms with Gasteiger partial charge in [0.2, 0.25) is 5.91 Å². The maximum Gasteiger partial charge on any atom is 0.238 e. The van der Waals surface area contributed by atoms with Crippen LogP contribution in [0, 0.1) is 5.82 Å². The first-order valence-electron chi connectivity index (χ1n) is 8.59. The predicted molar refractivity (Wildman–Crippen MR) is 107 cm³/mol. The summed E-state index contributed by atoms with van der Waals surface area (Å²) in [4.78, 5) is 12.2. The highest BCUT2D eigenvalue weighted by molar-refractivity contribution is 6.33. The molecule has 2 N–H and O–H groups in total. The lowest BCUT2D eigenvalue weighted by atomic mass is 10.1. The van der Waals surface area contributed by atoms with E-state index in [1.807, 2.05) is 0 Å². The number of amides is 1. The number of hydrogen-bond acceptors (Lipinski definition) is 4. The van der Waals surface area contributed by atoms with Gasteiger partial charge in [-0.05, 0) is 35.9 Å². The normalized spacial score (nSPS) is 10.7. The Hall–Kier alpha value is -2.90. The molecule has 3 aromatic rings. The molecule has 0 aliphatic heterocycles. The number of aryl methyl sites for hydroxylation is 1. The van der Waals surface area contributed by atoms with Gasteiger partial charge in [0.1, 0.15) is 11.6 Å². The number of halogens is 2. The lowest BCUT2D eigenvalue weighted by molar-refractivity contribution is -0.115. The van der Waals surface area contributed by atoms with E-state index < -0.39 is 0 Å². The Bertz CT molecular complexity index is 971. The Kier molecular flexibility index (Phi) is 6.28. The second kappa shape index (κ2) is 8.86. The Labute approximate surface area is 167 Å². The zero-order chi connectivity index (χ0) is 20.1. The molecule has 0 unspecified atom stereocenters. The second-order valence-electron chi connectivity index (χ2n) is 6.16. The van der Waals surface area contributed by atoms with E-state index in [9.17, 15) is 9.18 Å². The molecule has 8 heteroatoms. The number of nitrogens with zero attached hydrogens (tertiary/aromatic N) is 2. The smallest absolute Gasteiger partial charge is 0.238 e. The summed E-state index contributed by atoms with van der Waals surface area (Å²) in [5.41, 5.74) is 2.79. The van der Waals surface area contributed by atoms with Gasteiger partial charge in [0.25, 0.3) is 0 Å². The summed E-state index contributed by atoms with van der Waals surface area (Å²) < 4.78 is 20.2. The van der Waals surface area contributed by atoms with Crippen molar-refractivity contribution in [3.05, 3.63) is 65.1 Å². The Morgan fingerprint density at radius 3 is 2.79 bits per heavy atom. The van der Waals surface area contributed by atoms with Gasteiger partial charge in [-0.3, -0.25) is 9.48 Å². The van der Waals surface area contributed by atoms with Gasteiger partial charge in [-0.25, -0.2) is 4.39 Å². The van der Waals surface area contributed by atoms with Crippen molar-refractivity contribution < 1.29 is 13.9 Å². The van der Waals surface area contributed by atoms with E-state index in [2.05, 4.69) is 15.7 Å². The summed E-state index contributed by atoms with van der Waals surface area (Å²) in [5, 5.41) is 10.4. The van der Waals surface area contributed by atoms with Gasteiger partial charge >= 0.3 is 0 Å². The standard InChI is InChI=1S/C20H20ClFN4O2/c1-26-20(17(21)11-24-26)16-9-15(6-7-18(16)28-2)25-19(27)12-23-10-13-4-3-5-14(22)8-13/h3-9,11,23H,10,12H2,1-2H3,(H,25,27). The van der Waals surface area contributed by atoms with Gasteiger partial charge in [-0.15, -0.1) is 0 Å². The SMILES string of the molecule is COc1ccc(NC(=O)CNCc2cccc(F)c2)cc1-c1c(Cl)cnn1C. The second-order valence-corrected chi connectivity index (χ2v) is 6.57. The highest BCUT2D eigenvalue weighted by Crippen LogP contribution is 2.36. The van der Waals surface area contributed by atoms with Gasteiger partial charge in [0.15, 0.2) is 0 Å². The number of carbonyl (C=O) groups excluding carboxylic acids is 1. The van der Waals surface area contributed by atoms with Crippen LogP contribution in [-0.4, -0.2) is 29.3 Å². The summed E-state index contributed by atoms with van der Waals surface area (Å²) in [7, 11) is 3.35. The minimum absolute atomic E-state index is 0.0876. The molecule has 0 fully saturated rings. The molecule has 1 aromatic heterocycles. The molecule has 2 aromatic carbocycles. The van der Waals surface area contributed by atoms with Crippen LogP contribution in [0.4, 0.5) is 10.1 Å². The van der Waals surface area contributed by atoms with Crippen LogP contribution in [0.15, 0.2) is 48.7 Å². The fourth-order valence-electron chi connectivity index (χ4n) is 2.86. The van der Waals surface area contributed by atoms with Crippen LogP contribution in [0.2, 0.25) is 5.02 Å².